The van der Waals surface area contributed by atoms with Crippen molar-refractivity contribution in [3.63, 3.8) is 0 Å². The molecular formula is C13H6I4O3. The second-order valence-corrected chi connectivity index (χ2v) is 8.04. The lowest BCUT2D eigenvalue weighted by atomic mass is 10.3. The number of hydrogen-bond donors (Lipinski definition) is 0. The molecule has 0 fully saturated rings. The molecule has 0 saturated heterocycles. The highest BCUT2D eigenvalue weighted by atomic mass is 127. The normalized spacial score (nSPS) is 10.2. The van der Waals surface area contributed by atoms with E-state index in [1.807, 2.05) is 24.3 Å². The van der Waals surface area contributed by atoms with Gasteiger partial charge in [-0.1, -0.05) is 12.1 Å². The van der Waals surface area contributed by atoms with Crippen molar-refractivity contribution in [3.05, 3.63) is 50.7 Å². The summed E-state index contributed by atoms with van der Waals surface area (Å²) in [5.74, 6) is 1.01. The molecule has 2 rings (SSSR count). The van der Waals surface area contributed by atoms with Gasteiger partial charge in [0.15, 0.2) is 0 Å². The van der Waals surface area contributed by atoms with Crippen LogP contribution >= 0.6 is 90.4 Å². The monoisotopic (exact) mass is 718 g/mol. The first kappa shape index (κ1) is 17.0. The third kappa shape index (κ3) is 4.32. The summed E-state index contributed by atoms with van der Waals surface area (Å²) in [6, 6.07) is 11.0. The maximum atomic E-state index is 11.9. The van der Waals surface area contributed by atoms with E-state index in [1.54, 1.807) is 12.1 Å². The standard InChI is InChI=1S/C13H6I4O3/c14-7-3-1-5-9(11(7)16)19-13(18)20-10-6-2-4-8(15)12(10)17/h1-6H. The fraction of sp³-hybridized carbons (Fsp3) is 0. The SMILES string of the molecule is O=C(Oc1cccc(I)c1I)Oc1cccc(I)c1I. The first-order chi connectivity index (χ1) is 9.49. The molecule has 0 saturated carbocycles. The van der Waals surface area contributed by atoms with Crippen LogP contribution in [0.15, 0.2) is 36.4 Å². The van der Waals surface area contributed by atoms with Crippen LogP contribution in [0, 0.1) is 14.3 Å². The van der Waals surface area contributed by atoms with Crippen LogP contribution in [0.5, 0.6) is 11.5 Å². The van der Waals surface area contributed by atoms with Crippen molar-refractivity contribution in [2.24, 2.45) is 0 Å². The van der Waals surface area contributed by atoms with Crippen molar-refractivity contribution < 1.29 is 14.3 Å². The summed E-state index contributed by atoms with van der Waals surface area (Å²) in [6.45, 7) is 0. The third-order valence-electron chi connectivity index (χ3n) is 2.22. The van der Waals surface area contributed by atoms with Crippen LogP contribution in [0.4, 0.5) is 4.79 Å². The molecule has 0 aliphatic carbocycles. The Bertz CT molecular complexity index is 603. The lowest BCUT2D eigenvalue weighted by Gasteiger charge is -2.09. The quantitative estimate of drug-likeness (QED) is 0.228. The van der Waals surface area contributed by atoms with E-state index in [1.165, 1.54) is 0 Å². The molecule has 0 aromatic heterocycles. The van der Waals surface area contributed by atoms with Crippen LogP contribution in [0.3, 0.4) is 0 Å². The van der Waals surface area contributed by atoms with E-state index in [0.29, 0.717) is 11.5 Å². The number of carbonyl (C=O) groups is 1. The Morgan fingerprint density at radius 1 is 0.750 bits per heavy atom. The van der Waals surface area contributed by atoms with E-state index in [-0.39, 0.29) is 0 Å². The summed E-state index contributed by atoms with van der Waals surface area (Å²) in [7, 11) is 0. The zero-order chi connectivity index (χ0) is 14.7. The van der Waals surface area contributed by atoms with Crippen molar-refractivity contribution in [1.29, 1.82) is 0 Å². The van der Waals surface area contributed by atoms with Crippen LogP contribution < -0.4 is 9.47 Å². The maximum Gasteiger partial charge on any atom is 0.519 e. The fourth-order valence-corrected chi connectivity index (χ4v) is 3.21. The summed E-state index contributed by atoms with van der Waals surface area (Å²) in [4.78, 5) is 11.9. The molecule has 0 unspecified atom stereocenters. The van der Waals surface area contributed by atoms with Gasteiger partial charge >= 0.3 is 6.16 Å². The zero-order valence-electron chi connectivity index (χ0n) is 9.70. The van der Waals surface area contributed by atoms with Crippen molar-refractivity contribution in [1.82, 2.24) is 0 Å². The average molecular weight is 718 g/mol. The summed E-state index contributed by atoms with van der Waals surface area (Å²) in [5, 5.41) is 0. The summed E-state index contributed by atoms with van der Waals surface area (Å²) < 4.78 is 14.3. The van der Waals surface area contributed by atoms with Gasteiger partial charge in [-0.15, -0.1) is 0 Å². The van der Waals surface area contributed by atoms with Crippen LogP contribution in [0.1, 0.15) is 0 Å². The Kier molecular flexibility index (Phi) is 6.59. The van der Waals surface area contributed by atoms with Gasteiger partial charge in [0.2, 0.25) is 0 Å². The molecule has 7 heteroatoms. The van der Waals surface area contributed by atoms with Crippen molar-refractivity contribution in [2.75, 3.05) is 0 Å². The van der Waals surface area contributed by atoms with E-state index >= 15 is 0 Å². The first-order valence-corrected chi connectivity index (χ1v) is 9.58. The molecular weight excluding hydrogens is 712 g/mol. The molecule has 0 amide bonds. The molecule has 20 heavy (non-hydrogen) atoms. The highest BCUT2D eigenvalue weighted by Crippen LogP contribution is 2.28. The maximum absolute atomic E-state index is 11.9. The summed E-state index contributed by atoms with van der Waals surface area (Å²) in [6.07, 6.45) is -0.732. The minimum absolute atomic E-state index is 0.503. The fourth-order valence-electron chi connectivity index (χ4n) is 1.33. The summed E-state index contributed by atoms with van der Waals surface area (Å²) in [5.41, 5.74) is 0. The second-order valence-electron chi connectivity index (χ2n) is 3.56. The van der Waals surface area contributed by atoms with Crippen LogP contribution in [0.25, 0.3) is 0 Å². The lowest BCUT2D eigenvalue weighted by molar-refractivity contribution is 0.151. The molecule has 2 aromatic rings. The molecule has 0 N–H and O–H groups in total. The first-order valence-electron chi connectivity index (χ1n) is 5.26. The Hall–Kier alpha value is 0.630. The molecule has 0 aliphatic rings. The molecule has 2 aromatic carbocycles. The van der Waals surface area contributed by atoms with E-state index in [2.05, 4.69) is 90.4 Å². The highest BCUT2D eigenvalue weighted by Gasteiger charge is 2.14. The molecule has 0 spiro atoms. The van der Waals surface area contributed by atoms with Gasteiger partial charge < -0.3 is 9.47 Å². The predicted molar refractivity (Wildman–Crippen MR) is 110 cm³/mol. The topological polar surface area (TPSA) is 35.5 Å². The zero-order valence-corrected chi connectivity index (χ0v) is 18.3. The van der Waals surface area contributed by atoms with Crippen molar-refractivity contribution in [2.45, 2.75) is 0 Å². The van der Waals surface area contributed by atoms with Crippen LogP contribution in [0.2, 0.25) is 0 Å². The van der Waals surface area contributed by atoms with E-state index in [0.717, 1.165) is 14.3 Å². The smallest absolute Gasteiger partial charge is 0.394 e. The Balaban J connectivity index is 2.13. The van der Waals surface area contributed by atoms with Gasteiger partial charge in [-0.2, -0.15) is 0 Å². The molecule has 104 valence electrons. The Labute approximate surface area is 170 Å². The number of hydrogen-bond acceptors (Lipinski definition) is 3. The van der Waals surface area contributed by atoms with Gasteiger partial charge in [0.25, 0.3) is 0 Å². The van der Waals surface area contributed by atoms with Gasteiger partial charge in [-0.25, -0.2) is 4.79 Å². The molecule has 0 radical (unpaired) electrons. The molecule has 0 atom stereocenters. The minimum Gasteiger partial charge on any atom is -0.394 e. The molecule has 0 bridgehead atoms. The van der Waals surface area contributed by atoms with Gasteiger partial charge in [-0.3, -0.25) is 0 Å². The van der Waals surface area contributed by atoms with Gasteiger partial charge in [-0.05, 0) is 115 Å². The average Bonchev–Trinajstić information content (AvgIpc) is 2.40. The number of carbonyl (C=O) groups excluding carboxylic acids is 1. The predicted octanol–water partition coefficient (Wildman–Crippen LogP) is 5.68. The highest BCUT2D eigenvalue weighted by molar-refractivity contribution is 14.1. The molecule has 0 heterocycles. The second kappa shape index (κ2) is 7.76. The van der Waals surface area contributed by atoms with Gasteiger partial charge in [0.05, 0.1) is 7.14 Å². The van der Waals surface area contributed by atoms with Crippen LogP contribution in [-0.2, 0) is 0 Å². The minimum atomic E-state index is -0.732. The van der Waals surface area contributed by atoms with E-state index in [4.69, 9.17) is 9.47 Å². The summed E-state index contributed by atoms with van der Waals surface area (Å²) >= 11 is 8.65. The van der Waals surface area contributed by atoms with Gasteiger partial charge in [0, 0.05) is 7.14 Å². The van der Waals surface area contributed by atoms with Crippen molar-refractivity contribution in [3.8, 4) is 11.5 Å². The Morgan fingerprint density at radius 2 is 1.15 bits per heavy atom. The number of ether oxygens (including phenoxy) is 2. The third-order valence-corrected chi connectivity index (χ3v) is 8.31. The number of rotatable bonds is 2. The lowest BCUT2D eigenvalue weighted by Crippen LogP contribution is -2.15. The van der Waals surface area contributed by atoms with Gasteiger partial charge in [0.1, 0.15) is 11.5 Å². The van der Waals surface area contributed by atoms with E-state index in [9.17, 15) is 4.79 Å². The number of benzene rings is 2. The number of halogens is 4. The van der Waals surface area contributed by atoms with Crippen LogP contribution in [-0.4, -0.2) is 6.16 Å². The molecule has 3 nitrogen and oxygen atoms in total. The van der Waals surface area contributed by atoms with Crippen molar-refractivity contribution >= 4 is 96.5 Å². The van der Waals surface area contributed by atoms with E-state index < -0.39 is 6.16 Å². The largest absolute Gasteiger partial charge is 0.519 e. The Morgan fingerprint density at radius 3 is 1.55 bits per heavy atom. The molecule has 0 aliphatic heterocycles.